The molecule has 3 aromatic rings. The molecule has 6 nitrogen and oxygen atoms in total. The lowest BCUT2D eigenvalue weighted by Gasteiger charge is -2.35. The molecule has 3 unspecified atom stereocenters. The summed E-state index contributed by atoms with van der Waals surface area (Å²) in [6.07, 6.45) is 7.73. The van der Waals surface area contributed by atoms with Gasteiger partial charge in [0.1, 0.15) is 18.2 Å². The number of rotatable bonds is 4. The maximum absolute atomic E-state index is 5.69. The van der Waals surface area contributed by atoms with E-state index in [1.807, 2.05) is 17.1 Å². The van der Waals surface area contributed by atoms with Gasteiger partial charge in [0, 0.05) is 18.2 Å². The van der Waals surface area contributed by atoms with E-state index < -0.39 is 0 Å². The highest BCUT2D eigenvalue weighted by atomic mass is 16.3. The average Bonchev–Trinajstić information content (AvgIpc) is 3.25. The summed E-state index contributed by atoms with van der Waals surface area (Å²) in [5.74, 6) is 1.50. The lowest BCUT2D eigenvalue weighted by atomic mass is 9.83. The highest BCUT2D eigenvalue weighted by molar-refractivity contribution is 5.77. The van der Waals surface area contributed by atoms with Crippen LogP contribution in [0.4, 0.5) is 5.69 Å². The van der Waals surface area contributed by atoms with Crippen LogP contribution in [0, 0.1) is 5.92 Å². The zero-order valence-electron chi connectivity index (χ0n) is 14.1. The zero-order chi connectivity index (χ0) is 16.5. The number of aryl methyl sites for hydroxylation is 1. The minimum atomic E-state index is 0.329. The molecule has 2 aromatic heterocycles. The normalized spacial score (nSPS) is 24.3. The summed E-state index contributed by atoms with van der Waals surface area (Å²) in [6.45, 7) is 4.36. The summed E-state index contributed by atoms with van der Waals surface area (Å²) < 4.78 is 7.69. The molecule has 1 fully saturated rings. The molecular formula is C18H23N5O. The molecule has 0 spiro atoms. The van der Waals surface area contributed by atoms with Gasteiger partial charge in [-0.3, -0.25) is 0 Å². The molecule has 1 N–H and O–H groups in total. The first-order valence-corrected chi connectivity index (χ1v) is 8.73. The van der Waals surface area contributed by atoms with Crippen molar-refractivity contribution in [1.29, 1.82) is 0 Å². The van der Waals surface area contributed by atoms with Crippen molar-refractivity contribution in [3.8, 4) is 0 Å². The van der Waals surface area contributed by atoms with E-state index in [1.165, 1.54) is 6.42 Å². The minimum absolute atomic E-state index is 0.329. The fourth-order valence-corrected chi connectivity index (χ4v) is 3.63. The first-order valence-electron chi connectivity index (χ1n) is 8.73. The first kappa shape index (κ1) is 15.2. The van der Waals surface area contributed by atoms with Crippen LogP contribution in [-0.4, -0.2) is 25.8 Å². The van der Waals surface area contributed by atoms with Crippen molar-refractivity contribution >= 4 is 16.8 Å². The van der Waals surface area contributed by atoms with E-state index in [9.17, 15) is 0 Å². The number of nitrogens with one attached hydrogen (secondary N) is 1. The molecule has 3 atom stereocenters. The van der Waals surface area contributed by atoms with E-state index in [2.05, 4.69) is 46.4 Å². The third kappa shape index (κ3) is 2.88. The Balaban J connectivity index is 1.58. The van der Waals surface area contributed by atoms with Gasteiger partial charge in [0.05, 0.1) is 6.04 Å². The minimum Gasteiger partial charge on any atom is -0.441 e. The van der Waals surface area contributed by atoms with Gasteiger partial charge in [0.25, 0.3) is 0 Å². The number of hydrogen-bond acceptors (Lipinski definition) is 5. The van der Waals surface area contributed by atoms with Crippen molar-refractivity contribution in [2.75, 3.05) is 5.32 Å². The largest absolute Gasteiger partial charge is 0.441 e. The van der Waals surface area contributed by atoms with Crippen LogP contribution in [0.3, 0.4) is 0 Å². The van der Waals surface area contributed by atoms with Crippen LogP contribution in [0.5, 0.6) is 0 Å². The lowest BCUT2D eigenvalue weighted by Crippen LogP contribution is -2.36. The fourth-order valence-electron chi connectivity index (χ4n) is 3.63. The van der Waals surface area contributed by atoms with Gasteiger partial charge >= 0.3 is 0 Å². The molecule has 2 heterocycles. The molecular weight excluding hydrogens is 302 g/mol. The monoisotopic (exact) mass is 325 g/mol. The Labute approximate surface area is 141 Å². The van der Waals surface area contributed by atoms with E-state index in [0.717, 1.165) is 41.9 Å². The van der Waals surface area contributed by atoms with Crippen LogP contribution in [0.15, 0.2) is 35.3 Å². The summed E-state index contributed by atoms with van der Waals surface area (Å²) in [5, 5.41) is 8.06. The number of nitrogens with zero attached hydrogens (tertiary/aromatic N) is 4. The van der Waals surface area contributed by atoms with Crippen LogP contribution in [-0.2, 0) is 6.42 Å². The number of hydrogen-bond donors (Lipinski definition) is 1. The standard InChI is InChI=1S/C18H23N5O/c1-3-18-22-15-9-13(5-7-17(15)24-18)21-14-6-4-12(2)8-16(14)23-11-19-10-20-23/h5,7,9-12,14,16,21H,3-4,6,8H2,1-2H3. The van der Waals surface area contributed by atoms with Gasteiger partial charge < -0.3 is 9.73 Å². The van der Waals surface area contributed by atoms with Gasteiger partial charge in [-0.15, -0.1) is 0 Å². The first-order chi connectivity index (χ1) is 11.7. The zero-order valence-corrected chi connectivity index (χ0v) is 14.1. The Kier molecular flexibility index (Phi) is 3.96. The third-order valence-electron chi connectivity index (χ3n) is 4.94. The molecule has 4 rings (SSSR count). The van der Waals surface area contributed by atoms with Crippen molar-refractivity contribution in [1.82, 2.24) is 19.7 Å². The van der Waals surface area contributed by atoms with E-state index in [-0.39, 0.29) is 0 Å². The van der Waals surface area contributed by atoms with Crippen molar-refractivity contribution in [3.05, 3.63) is 36.7 Å². The Morgan fingerprint density at radius 2 is 2.25 bits per heavy atom. The highest BCUT2D eigenvalue weighted by Crippen LogP contribution is 2.34. The van der Waals surface area contributed by atoms with Gasteiger partial charge in [-0.1, -0.05) is 13.8 Å². The maximum atomic E-state index is 5.69. The van der Waals surface area contributed by atoms with Gasteiger partial charge in [0.15, 0.2) is 11.5 Å². The highest BCUT2D eigenvalue weighted by Gasteiger charge is 2.30. The van der Waals surface area contributed by atoms with Crippen LogP contribution in [0.2, 0.25) is 0 Å². The quantitative estimate of drug-likeness (QED) is 0.789. The van der Waals surface area contributed by atoms with Crippen LogP contribution in [0.25, 0.3) is 11.1 Å². The second kappa shape index (κ2) is 6.26. The molecule has 0 amide bonds. The van der Waals surface area contributed by atoms with E-state index in [1.54, 1.807) is 6.33 Å². The number of anilines is 1. The van der Waals surface area contributed by atoms with Crippen LogP contribution in [0.1, 0.15) is 45.0 Å². The summed E-state index contributed by atoms with van der Waals surface area (Å²) in [7, 11) is 0. The molecule has 1 saturated carbocycles. The Bertz CT molecular complexity index is 810. The number of oxazole rings is 1. The topological polar surface area (TPSA) is 68.8 Å². The molecule has 0 saturated heterocycles. The van der Waals surface area contributed by atoms with Gasteiger partial charge in [-0.05, 0) is 43.4 Å². The Morgan fingerprint density at radius 1 is 1.33 bits per heavy atom. The second-order valence-corrected chi connectivity index (χ2v) is 6.76. The summed E-state index contributed by atoms with van der Waals surface area (Å²) in [6, 6.07) is 6.82. The summed E-state index contributed by atoms with van der Waals surface area (Å²) in [4.78, 5) is 8.65. The Hall–Kier alpha value is -2.37. The molecule has 126 valence electrons. The SMILES string of the molecule is CCc1nc2cc(NC3CCC(C)CC3n3cncn3)ccc2o1. The summed E-state index contributed by atoms with van der Waals surface area (Å²) >= 11 is 0. The van der Waals surface area contributed by atoms with Gasteiger partial charge in [-0.2, -0.15) is 5.10 Å². The van der Waals surface area contributed by atoms with E-state index >= 15 is 0 Å². The average molecular weight is 325 g/mol. The molecule has 0 aliphatic heterocycles. The third-order valence-corrected chi connectivity index (χ3v) is 4.94. The Morgan fingerprint density at radius 3 is 3.04 bits per heavy atom. The molecule has 24 heavy (non-hydrogen) atoms. The lowest BCUT2D eigenvalue weighted by molar-refractivity contribution is 0.244. The molecule has 6 heteroatoms. The van der Waals surface area contributed by atoms with Crippen molar-refractivity contribution in [3.63, 3.8) is 0 Å². The van der Waals surface area contributed by atoms with Gasteiger partial charge in [-0.25, -0.2) is 14.6 Å². The number of aromatic nitrogens is 4. The van der Waals surface area contributed by atoms with Crippen molar-refractivity contribution in [2.45, 2.75) is 51.6 Å². The molecule has 1 aliphatic rings. The predicted octanol–water partition coefficient (Wildman–Crippen LogP) is 3.82. The maximum Gasteiger partial charge on any atom is 0.195 e. The molecule has 1 aromatic carbocycles. The molecule has 1 aliphatic carbocycles. The fraction of sp³-hybridized carbons (Fsp3) is 0.500. The van der Waals surface area contributed by atoms with Crippen LogP contribution < -0.4 is 5.32 Å². The van der Waals surface area contributed by atoms with Crippen molar-refractivity contribution in [2.24, 2.45) is 5.92 Å². The van der Waals surface area contributed by atoms with Crippen molar-refractivity contribution < 1.29 is 4.42 Å². The van der Waals surface area contributed by atoms with Crippen LogP contribution >= 0.6 is 0 Å². The van der Waals surface area contributed by atoms with E-state index in [0.29, 0.717) is 18.0 Å². The van der Waals surface area contributed by atoms with E-state index in [4.69, 9.17) is 4.42 Å². The molecule has 0 radical (unpaired) electrons. The molecule has 0 bridgehead atoms. The van der Waals surface area contributed by atoms with Gasteiger partial charge in [0.2, 0.25) is 0 Å². The second-order valence-electron chi connectivity index (χ2n) is 6.76. The predicted molar refractivity (Wildman–Crippen MR) is 92.9 cm³/mol. The smallest absolute Gasteiger partial charge is 0.195 e. The summed E-state index contributed by atoms with van der Waals surface area (Å²) in [5.41, 5.74) is 2.85. The number of fused-ring (bicyclic) bond motifs is 1. The number of benzene rings is 1.